The Kier molecular flexibility index (Phi) is 5.66. The summed E-state index contributed by atoms with van der Waals surface area (Å²) in [5.74, 6) is 1.78. The molecular weight excluding hydrogens is 362 g/mol. The van der Waals surface area contributed by atoms with Crippen LogP contribution < -0.4 is 20.7 Å². The number of halogens is 1. The fourth-order valence-corrected chi connectivity index (χ4v) is 3.03. The van der Waals surface area contributed by atoms with E-state index in [1.165, 1.54) is 11.9 Å². The number of nitrogens with zero attached hydrogens (tertiary/aromatic N) is 3. The molecule has 0 unspecified atom stereocenters. The Morgan fingerprint density at radius 3 is 2.70 bits per heavy atom. The van der Waals surface area contributed by atoms with Crippen LogP contribution >= 0.6 is 11.6 Å². The molecule has 0 saturated carbocycles. The number of nitrogens with two attached hydrogens (primary N) is 1. The van der Waals surface area contributed by atoms with E-state index in [1.807, 2.05) is 17.0 Å². The van der Waals surface area contributed by atoms with Gasteiger partial charge in [0.05, 0.1) is 12.8 Å². The van der Waals surface area contributed by atoms with Gasteiger partial charge in [0.15, 0.2) is 11.6 Å². The number of ether oxygens (including phenoxy) is 1. The third kappa shape index (κ3) is 4.06. The highest BCUT2D eigenvalue weighted by molar-refractivity contribution is 6.31. The Labute approximate surface area is 164 Å². The van der Waals surface area contributed by atoms with Crippen molar-refractivity contribution in [3.8, 4) is 5.75 Å². The van der Waals surface area contributed by atoms with Crippen molar-refractivity contribution in [1.29, 1.82) is 0 Å². The Morgan fingerprint density at radius 1 is 1.19 bits per heavy atom. The molecule has 27 heavy (non-hydrogen) atoms. The molecule has 0 radical (unpaired) electrons. The molecule has 0 bridgehead atoms. The highest BCUT2D eigenvalue weighted by Crippen LogP contribution is 2.36. The topological polar surface area (TPSA) is 76.3 Å². The lowest BCUT2D eigenvalue weighted by Crippen LogP contribution is -2.20. The number of aryl methyl sites for hydroxylation is 1. The molecule has 0 spiro atoms. The Balaban J connectivity index is 2.00. The molecule has 3 N–H and O–H groups in total. The predicted molar refractivity (Wildman–Crippen MR) is 112 cm³/mol. The predicted octanol–water partition coefficient (Wildman–Crippen LogP) is 4.93. The van der Waals surface area contributed by atoms with Gasteiger partial charge >= 0.3 is 0 Å². The largest absolute Gasteiger partial charge is 0.495 e. The van der Waals surface area contributed by atoms with Crippen molar-refractivity contribution < 1.29 is 4.74 Å². The van der Waals surface area contributed by atoms with Gasteiger partial charge < -0.3 is 20.7 Å². The minimum atomic E-state index is 0.447. The summed E-state index contributed by atoms with van der Waals surface area (Å²) in [4.78, 5) is 10.8. The molecule has 0 atom stereocenters. The van der Waals surface area contributed by atoms with E-state index in [4.69, 9.17) is 22.1 Å². The van der Waals surface area contributed by atoms with E-state index >= 15 is 0 Å². The number of rotatable bonds is 6. The van der Waals surface area contributed by atoms with E-state index < -0.39 is 0 Å². The van der Waals surface area contributed by atoms with Crippen molar-refractivity contribution in [3.05, 3.63) is 59.4 Å². The fraction of sp³-hybridized carbons (Fsp3) is 0.200. The standard InChI is InChI=1S/C20H22ClN5O/c1-4-26(15-7-5-6-13(2)10-15)20-18(22)19(23-12-24-20)25-16-11-14(21)8-9-17(16)27-3/h5-12H,4,22H2,1-3H3,(H,23,24,25). The van der Waals surface area contributed by atoms with Gasteiger partial charge in [-0.25, -0.2) is 9.97 Å². The second kappa shape index (κ2) is 8.14. The number of nitrogen functional groups attached to an aromatic ring is 1. The van der Waals surface area contributed by atoms with Crippen LogP contribution in [-0.2, 0) is 0 Å². The zero-order chi connectivity index (χ0) is 19.4. The molecule has 0 amide bonds. The molecule has 3 rings (SSSR count). The SMILES string of the molecule is CCN(c1cccc(C)c1)c1ncnc(Nc2cc(Cl)ccc2OC)c1N. The van der Waals surface area contributed by atoms with Gasteiger partial charge in [-0.1, -0.05) is 23.7 Å². The normalized spacial score (nSPS) is 10.5. The molecule has 1 heterocycles. The summed E-state index contributed by atoms with van der Waals surface area (Å²) < 4.78 is 5.38. The van der Waals surface area contributed by atoms with Crippen LogP contribution in [0.25, 0.3) is 0 Å². The Hall–Kier alpha value is -2.99. The lowest BCUT2D eigenvalue weighted by atomic mass is 10.2. The first-order chi connectivity index (χ1) is 13.0. The molecular formula is C20H22ClN5O. The van der Waals surface area contributed by atoms with Gasteiger partial charge in [-0.05, 0) is 49.7 Å². The Morgan fingerprint density at radius 2 is 2.00 bits per heavy atom. The van der Waals surface area contributed by atoms with Crippen LogP contribution in [0, 0.1) is 6.92 Å². The molecule has 0 saturated heterocycles. The van der Waals surface area contributed by atoms with Crippen LogP contribution in [0.2, 0.25) is 5.02 Å². The average molecular weight is 384 g/mol. The monoisotopic (exact) mass is 383 g/mol. The maximum atomic E-state index is 6.41. The van der Waals surface area contributed by atoms with E-state index in [1.54, 1.807) is 25.3 Å². The van der Waals surface area contributed by atoms with E-state index in [2.05, 4.69) is 41.3 Å². The quantitative estimate of drug-likeness (QED) is 0.628. The second-order valence-electron chi connectivity index (χ2n) is 6.01. The first-order valence-electron chi connectivity index (χ1n) is 8.58. The summed E-state index contributed by atoms with van der Waals surface area (Å²) in [6.07, 6.45) is 1.49. The van der Waals surface area contributed by atoms with Crippen molar-refractivity contribution in [2.75, 3.05) is 29.6 Å². The van der Waals surface area contributed by atoms with Crippen LogP contribution in [0.5, 0.6) is 5.75 Å². The van der Waals surface area contributed by atoms with Gasteiger partial charge in [0, 0.05) is 17.3 Å². The van der Waals surface area contributed by atoms with E-state index in [-0.39, 0.29) is 0 Å². The van der Waals surface area contributed by atoms with E-state index in [0.717, 1.165) is 5.69 Å². The van der Waals surface area contributed by atoms with Gasteiger partial charge in [-0.15, -0.1) is 0 Å². The summed E-state index contributed by atoms with van der Waals surface area (Å²) in [5.41, 5.74) is 9.73. The third-order valence-electron chi connectivity index (χ3n) is 4.16. The van der Waals surface area contributed by atoms with E-state index in [0.29, 0.717) is 40.3 Å². The van der Waals surface area contributed by atoms with Crippen molar-refractivity contribution in [1.82, 2.24) is 9.97 Å². The number of aromatic nitrogens is 2. The number of benzene rings is 2. The molecule has 0 fully saturated rings. The van der Waals surface area contributed by atoms with Crippen molar-refractivity contribution >= 4 is 40.3 Å². The molecule has 0 aliphatic rings. The minimum Gasteiger partial charge on any atom is -0.495 e. The Bertz CT molecular complexity index is 947. The second-order valence-corrected chi connectivity index (χ2v) is 6.45. The van der Waals surface area contributed by atoms with Gasteiger partial charge in [0.25, 0.3) is 0 Å². The fourth-order valence-electron chi connectivity index (χ4n) is 2.86. The van der Waals surface area contributed by atoms with Crippen LogP contribution in [-0.4, -0.2) is 23.6 Å². The average Bonchev–Trinajstić information content (AvgIpc) is 2.65. The van der Waals surface area contributed by atoms with Crippen molar-refractivity contribution in [2.24, 2.45) is 0 Å². The number of hydrogen-bond acceptors (Lipinski definition) is 6. The lowest BCUT2D eigenvalue weighted by molar-refractivity contribution is 0.417. The summed E-state index contributed by atoms with van der Waals surface area (Å²) >= 11 is 6.11. The summed E-state index contributed by atoms with van der Waals surface area (Å²) in [6.45, 7) is 4.82. The summed E-state index contributed by atoms with van der Waals surface area (Å²) in [6, 6.07) is 13.5. The molecule has 0 aliphatic heterocycles. The molecule has 2 aromatic carbocycles. The first kappa shape index (κ1) is 18.8. The number of anilines is 5. The lowest BCUT2D eigenvalue weighted by Gasteiger charge is -2.24. The van der Waals surface area contributed by atoms with Crippen LogP contribution in [0.1, 0.15) is 12.5 Å². The molecule has 1 aromatic heterocycles. The van der Waals surface area contributed by atoms with Crippen LogP contribution in [0.4, 0.5) is 28.7 Å². The third-order valence-corrected chi connectivity index (χ3v) is 4.40. The van der Waals surface area contributed by atoms with Gasteiger partial charge in [0.1, 0.15) is 17.8 Å². The number of methoxy groups -OCH3 is 1. The highest BCUT2D eigenvalue weighted by Gasteiger charge is 2.17. The van der Waals surface area contributed by atoms with Crippen molar-refractivity contribution in [3.63, 3.8) is 0 Å². The van der Waals surface area contributed by atoms with Gasteiger partial charge in [0.2, 0.25) is 0 Å². The van der Waals surface area contributed by atoms with Crippen LogP contribution in [0.15, 0.2) is 48.8 Å². The molecule has 3 aromatic rings. The molecule has 6 nitrogen and oxygen atoms in total. The van der Waals surface area contributed by atoms with Crippen molar-refractivity contribution in [2.45, 2.75) is 13.8 Å². The molecule has 0 aliphatic carbocycles. The molecule has 140 valence electrons. The summed E-state index contributed by atoms with van der Waals surface area (Å²) in [7, 11) is 1.60. The van der Waals surface area contributed by atoms with Crippen LogP contribution in [0.3, 0.4) is 0 Å². The molecule has 7 heteroatoms. The van der Waals surface area contributed by atoms with E-state index in [9.17, 15) is 0 Å². The van der Waals surface area contributed by atoms with Gasteiger partial charge in [-0.3, -0.25) is 0 Å². The number of hydrogen-bond donors (Lipinski definition) is 2. The zero-order valence-electron chi connectivity index (χ0n) is 15.5. The zero-order valence-corrected chi connectivity index (χ0v) is 16.3. The first-order valence-corrected chi connectivity index (χ1v) is 8.96. The highest BCUT2D eigenvalue weighted by atomic mass is 35.5. The number of nitrogens with one attached hydrogen (secondary N) is 1. The summed E-state index contributed by atoms with van der Waals surface area (Å²) in [5, 5.41) is 3.79. The van der Waals surface area contributed by atoms with Gasteiger partial charge in [-0.2, -0.15) is 0 Å². The smallest absolute Gasteiger partial charge is 0.161 e. The minimum absolute atomic E-state index is 0.447. The maximum Gasteiger partial charge on any atom is 0.161 e. The maximum absolute atomic E-state index is 6.41.